The molecule has 1 nitrogen and oxygen atoms in total. The fourth-order valence-corrected chi connectivity index (χ4v) is 0.144. The summed E-state index contributed by atoms with van der Waals surface area (Å²) in [6.07, 6.45) is 0.937. The van der Waals surface area contributed by atoms with Crippen LogP contribution < -0.4 is 0 Å². The maximum atomic E-state index is 4.95. The Labute approximate surface area is 50.5 Å². The Hall–Kier alpha value is 0.310. The zero-order valence-corrected chi connectivity index (χ0v) is 5.96. The molecule has 0 spiro atoms. The first-order valence-electron chi connectivity index (χ1n) is 2.40. The quantitative estimate of drug-likeness (QED) is 0.431. The molecule has 0 aromatic carbocycles. The van der Waals surface area contributed by atoms with Crippen LogP contribution in [0.15, 0.2) is 0 Å². The van der Waals surface area contributed by atoms with Crippen LogP contribution in [0.5, 0.6) is 0 Å². The van der Waals surface area contributed by atoms with Crippen LogP contribution in [-0.4, -0.2) is 12.0 Å². The molecule has 0 rings (SSSR count). The van der Waals surface area contributed by atoms with Crippen LogP contribution >= 0.6 is 12.6 Å². The molecule has 1 unspecified atom stereocenters. The summed E-state index contributed by atoms with van der Waals surface area (Å²) < 4.78 is 4.95. The second-order valence-corrected chi connectivity index (χ2v) is 2.68. The molecule has 0 amide bonds. The van der Waals surface area contributed by atoms with Gasteiger partial charge < -0.3 is 4.74 Å². The Balaban J connectivity index is 3.36. The molecule has 0 aromatic heterocycles. The maximum absolute atomic E-state index is 4.95. The molecule has 0 radical (unpaired) electrons. The molecule has 0 saturated heterocycles. The normalized spacial score (nSPS) is 18.9. The van der Waals surface area contributed by atoms with Gasteiger partial charge in [-0.05, 0) is 13.3 Å². The number of hydrogen-bond acceptors (Lipinski definition) is 2. The van der Waals surface area contributed by atoms with E-state index in [0.717, 1.165) is 6.42 Å². The van der Waals surface area contributed by atoms with Gasteiger partial charge in [-0.2, -0.15) is 0 Å². The molecular formula is C5H12OS. The van der Waals surface area contributed by atoms with Gasteiger partial charge in [-0.3, -0.25) is 0 Å². The van der Waals surface area contributed by atoms with Gasteiger partial charge in [0.2, 0.25) is 0 Å². The fourth-order valence-electron chi connectivity index (χ4n) is 0.144. The summed E-state index contributed by atoms with van der Waals surface area (Å²) in [5, 5.41) is 0. The third kappa shape index (κ3) is 2.94. The van der Waals surface area contributed by atoms with Crippen molar-refractivity contribution in [2.45, 2.75) is 25.2 Å². The van der Waals surface area contributed by atoms with Crippen LogP contribution in [0.4, 0.5) is 0 Å². The fraction of sp³-hybridized carbons (Fsp3) is 1.00. The van der Waals surface area contributed by atoms with Gasteiger partial charge in [-0.1, -0.05) is 6.92 Å². The monoisotopic (exact) mass is 120 g/mol. The minimum Gasteiger partial charge on any atom is -0.368 e. The van der Waals surface area contributed by atoms with Gasteiger partial charge in [0.1, 0.15) is 4.93 Å². The van der Waals surface area contributed by atoms with E-state index in [2.05, 4.69) is 12.6 Å². The summed E-state index contributed by atoms with van der Waals surface area (Å²) in [7, 11) is 1.66. The number of hydrogen-bond donors (Lipinski definition) is 1. The number of rotatable bonds is 2. The molecule has 0 N–H and O–H groups in total. The summed E-state index contributed by atoms with van der Waals surface area (Å²) in [4.78, 5) is -0.222. The highest BCUT2D eigenvalue weighted by atomic mass is 32.1. The minimum absolute atomic E-state index is 0.222. The van der Waals surface area contributed by atoms with Gasteiger partial charge in [0.25, 0.3) is 0 Å². The zero-order chi connectivity index (χ0) is 5.91. The van der Waals surface area contributed by atoms with E-state index in [0.29, 0.717) is 0 Å². The van der Waals surface area contributed by atoms with Gasteiger partial charge in [0.15, 0.2) is 0 Å². The summed E-state index contributed by atoms with van der Waals surface area (Å²) in [6, 6.07) is 0. The van der Waals surface area contributed by atoms with Crippen molar-refractivity contribution in [1.82, 2.24) is 0 Å². The van der Waals surface area contributed by atoms with Crippen LogP contribution in [0.1, 0.15) is 20.3 Å². The Kier molecular flexibility index (Phi) is 2.69. The molecular weight excluding hydrogens is 108 g/mol. The first-order chi connectivity index (χ1) is 3.12. The Morgan fingerprint density at radius 3 is 2.14 bits per heavy atom. The summed E-state index contributed by atoms with van der Waals surface area (Å²) in [5.41, 5.74) is 0. The van der Waals surface area contributed by atoms with E-state index in [1.165, 1.54) is 0 Å². The van der Waals surface area contributed by atoms with Gasteiger partial charge in [0, 0.05) is 7.11 Å². The van der Waals surface area contributed by atoms with Gasteiger partial charge >= 0.3 is 0 Å². The largest absolute Gasteiger partial charge is 0.368 e. The molecule has 0 saturated carbocycles. The van der Waals surface area contributed by atoms with Crippen LogP contribution in [-0.2, 0) is 4.74 Å². The zero-order valence-electron chi connectivity index (χ0n) is 5.06. The second kappa shape index (κ2) is 2.58. The molecule has 0 aromatic rings. The second-order valence-electron chi connectivity index (χ2n) is 1.73. The predicted octanol–water partition coefficient (Wildman–Crippen LogP) is 1.69. The van der Waals surface area contributed by atoms with Gasteiger partial charge in [0.05, 0.1) is 0 Å². The topological polar surface area (TPSA) is 9.23 Å². The van der Waals surface area contributed by atoms with Crippen molar-refractivity contribution in [3.8, 4) is 0 Å². The molecule has 44 valence electrons. The Morgan fingerprint density at radius 2 is 2.14 bits per heavy atom. The van der Waals surface area contributed by atoms with Crippen molar-refractivity contribution in [1.29, 1.82) is 0 Å². The Bertz CT molecular complexity index is 46.0. The highest BCUT2D eigenvalue weighted by Gasteiger charge is 2.12. The van der Waals surface area contributed by atoms with Gasteiger partial charge in [-0.15, -0.1) is 12.6 Å². The van der Waals surface area contributed by atoms with Crippen molar-refractivity contribution in [2.24, 2.45) is 0 Å². The van der Waals surface area contributed by atoms with Crippen LogP contribution in [0.2, 0.25) is 0 Å². The van der Waals surface area contributed by atoms with Crippen molar-refractivity contribution < 1.29 is 4.74 Å². The van der Waals surface area contributed by atoms with Crippen molar-refractivity contribution in [3.05, 3.63) is 0 Å². The molecule has 0 aliphatic carbocycles. The van der Waals surface area contributed by atoms with Crippen molar-refractivity contribution >= 4 is 12.6 Å². The van der Waals surface area contributed by atoms with Crippen molar-refractivity contribution in [3.63, 3.8) is 0 Å². The molecule has 0 heterocycles. The average Bonchev–Trinajstić information content (AvgIpc) is 1.68. The van der Waals surface area contributed by atoms with Crippen LogP contribution in [0.25, 0.3) is 0 Å². The van der Waals surface area contributed by atoms with E-state index in [1.807, 2.05) is 13.8 Å². The highest BCUT2D eigenvalue weighted by molar-refractivity contribution is 7.81. The number of thiol groups is 1. The molecule has 0 aliphatic heterocycles. The van der Waals surface area contributed by atoms with E-state index in [4.69, 9.17) is 4.74 Å². The lowest BCUT2D eigenvalue weighted by Gasteiger charge is -2.18. The lowest BCUT2D eigenvalue weighted by Crippen LogP contribution is -2.16. The lowest BCUT2D eigenvalue weighted by molar-refractivity contribution is 0.0860. The minimum atomic E-state index is -0.222. The third-order valence-electron chi connectivity index (χ3n) is 1.10. The van der Waals surface area contributed by atoms with E-state index in [9.17, 15) is 0 Å². The Morgan fingerprint density at radius 1 is 1.71 bits per heavy atom. The van der Waals surface area contributed by atoms with E-state index in [1.54, 1.807) is 7.11 Å². The van der Waals surface area contributed by atoms with Crippen LogP contribution in [0.3, 0.4) is 0 Å². The standard InChI is InChI=1S/C5H12OS/c1-4-5(2,7)6-3/h7H,4H2,1-3H3. The molecule has 0 bridgehead atoms. The third-order valence-corrected chi connectivity index (χ3v) is 1.59. The first-order valence-corrected chi connectivity index (χ1v) is 2.84. The van der Waals surface area contributed by atoms with Crippen LogP contribution in [0, 0.1) is 0 Å². The van der Waals surface area contributed by atoms with E-state index >= 15 is 0 Å². The van der Waals surface area contributed by atoms with Crippen molar-refractivity contribution in [2.75, 3.05) is 7.11 Å². The summed E-state index contributed by atoms with van der Waals surface area (Å²) >= 11 is 4.16. The highest BCUT2D eigenvalue weighted by Crippen LogP contribution is 2.16. The number of ether oxygens (including phenoxy) is 1. The SMILES string of the molecule is CCC(C)(S)OC. The molecule has 7 heavy (non-hydrogen) atoms. The smallest absolute Gasteiger partial charge is 0.107 e. The molecule has 2 heteroatoms. The number of methoxy groups -OCH3 is 1. The maximum Gasteiger partial charge on any atom is 0.107 e. The summed E-state index contributed by atoms with van der Waals surface area (Å²) in [5.74, 6) is 0. The first kappa shape index (κ1) is 7.31. The lowest BCUT2D eigenvalue weighted by atomic mass is 10.3. The average molecular weight is 120 g/mol. The van der Waals surface area contributed by atoms with E-state index in [-0.39, 0.29) is 4.93 Å². The molecule has 0 aliphatic rings. The molecule has 1 atom stereocenters. The molecule has 0 fully saturated rings. The van der Waals surface area contributed by atoms with E-state index < -0.39 is 0 Å². The predicted molar refractivity (Wildman–Crippen MR) is 34.7 cm³/mol. The van der Waals surface area contributed by atoms with Gasteiger partial charge in [-0.25, -0.2) is 0 Å². The summed E-state index contributed by atoms with van der Waals surface area (Å²) in [6.45, 7) is 3.98.